The zero-order valence-corrected chi connectivity index (χ0v) is 21.9. The van der Waals surface area contributed by atoms with Crippen molar-refractivity contribution in [3.8, 4) is 5.75 Å². The molecule has 2 N–H and O–H groups in total. The summed E-state index contributed by atoms with van der Waals surface area (Å²) in [4.78, 5) is 41.6. The van der Waals surface area contributed by atoms with E-state index in [2.05, 4.69) is 5.43 Å². The number of piperazine rings is 1. The zero-order valence-electron chi connectivity index (χ0n) is 21.9. The number of carbonyl (C=O) groups excluding carboxylic acids is 3. The van der Waals surface area contributed by atoms with Gasteiger partial charge in [0.2, 0.25) is 0 Å². The Morgan fingerprint density at radius 1 is 1.09 bits per heavy atom. The molecule has 1 aliphatic rings. The molecule has 11 heteroatoms. The molecule has 0 spiro atoms. The molecule has 1 aromatic rings. The summed E-state index contributed by atoms with van der Waals surface area (Å²) in [5.74, 6) is 0.623. The number of nitrogens with zero attached hydrogens (tertiary/aromatic N) is 3. The molecule has 1 aliphatic heterocycles. The second-order valence-electron chi connectivity index (χ2n) is 10.3. The number of hydrogen-bond acceptors (Lipinski definition) is 7. The van der Waals surface area contributed by atoms with Gasteiger partial charge in [0, 0.05) is 19.6 Å². The maximum atomic E-state index is 13.6. The molecule has 1 fully saturated rings. The number of aliphatic hydroxyl groups is 1. The van der Waals surface area contributed by atoms with Gasteiger partial charge in [-0.15, -0.1) is 0 Å². The quantitative estimate of drug-likeness (QED) is 0.619. The van der Waals surface area contributed by atoms with Crippen molar-refractivity contribution >= 4 is 23.9 Å². The number of nitrogens with one attached hydrogen (secondary N) is 1. The molecule has 0 radical (unpaired) electrons. The number of hydrogen-bond donors (Lipinski definition) is 2. The van der Waals surface area contributed by atoms with Crippen molar-refractivity contribution in [2.24, 2.45) is 0 Å². The van der Waals surface area contributed by atoms with Crippen LogP contribution >= 0.6 is 0 Å². The molecule has 11 nitrogen and oxygen atoms in total. The van der Waals surface area contributed by atoms with Gasteiger partial charge in [0.15, 0.2) is 0 Å². The summed E-state index contributed by atoms with van der Waals surface area (Å²) < 4.78 is 16.1. The lowest BCUT2D eigenvalue weighted by atomic mass is 10.1. The maximum Gasteiger partial charge on any atom is 0.427 e. The second kappa shape index (κ2) is 11.0. The third kappa shape index (κ3) is 7.91. The van der Waals surface area contributed by atoms with Crippen LogP contribution in [0.2, 0.25) is 0 Å². The lowest BCUT2D eigenvalue weighted by molar-refractivity contribution is 0.00349. The topological polar surface area (TPSA) is 121 Å². The molecular weight excluding hydrogens is 456 g/mol. The highest BCUT2D eigenvalue weighted by molar-refractivity contribution is 5.94. The molecule has 1 unspecified atom stereocenters. The van der Waals surface area contributed by atoms with Gasteiger partial charge in [-0.3, -0.25) is 0 Å². The van der Waals surface area contributed by atoms with Crippen molar-refractivity contribution in [1.82, 2.24) is 15.2 Å². The molecule has 2 rings (SSSR count). The van der Waals surface area contributed by atoms with Crippen molar-refractivity contribution in [3.05, 3.63) is 23.8 Å². The maximum absolute atomic E-state index is 13.6. The number of aliphatic hydroxyl groups excluding tert-OH is 1. The largest absolute Gasteiger partial charge is 0.496 e. The van der Waals surface area contributed by atoms with Gasteiger partial charge in [-0.2, -0.15) is 5.01 Å². The Balaban J connectivity index is 2.30. The van der Waals surface area contributed by atoms with Gasteiger partial charge in [0.25, 0.3) is 0 Å². The highest BCUT2D eigenvalue weighted by Gasteiger charge is 2.37. The first kappa shape index (κ1) is 28.0. The smallest absolute Gasteiger partial charge is 0.427 e. The highest BCUT2D eigenvalue weighted by atomic mass is 16.6. The van der Waals surface area contributed by atoms with Crippen LogP contribution in [0.25, 0.3) is 0 Å². The molecule has 1 heterocycles. The first-order valence-electron chi connectivity index (χ1n) is 11.5. The van der Waals surface area contributed by atoms with Crippen LogP contribution in [0.5, 0.6) is 5.75 Å². The fourth-order valence-electron chi connectivity index (χ4n) is 3.50. The summed E-state index contributed by atoms with van der Waals surface area (Å²) in [6.45, 7) is 12.3. The predicted octanol–water partition coefficient (Wildman–Crippen LogP) is 3.28. The van der Waals surface area contributed by atoms with Crippen LogP contribution in [0.4, 0.5) is 20.1 Å². The molecule has 0 aliphatic carbocycles. The van der Waals surface area contributed by atoms with E-state index in [4.69, 9.17) is 14.2 Å². The van der Waals surface area contributed by atoms with Crippen LogP contribution in [-0.4, -0.2) is 83.7 Å². The van der Waals surface area contributed by atoms with E-state index < -0.39 is 35.5 Å². The highest BCUT2D eigenvalue weighted by Crippen LogP contribution is 2.25. The van der Waals surface area contributed by atoms with Crippen molar-refractivity contribution in [1.29, 1.82) is 0 Å². The van der Waals surface area contributed by atoms with Crippen LogP contribution in [0.15, 0.2) is 18.2 Å². The monoisotopic (exact) mass is 494 g/mol. The van der Waals surface area contributed by atoms with Gasteiger partial charge in [-0.1, -0.05) is 0 Å². The number of ether oxygens (including phenoxy) is 3. The number of carbonyl (C=O) groups is 3. The van der Waals surface area contributed by atoms with E-state index in [0.29, 0.717) is 11.4 Å². The molecule has 35 heavy (non-hydrogen) atoms. The number of hydrazine groups is 1. The van der Waals surface area contributed by atoms with E-state index >= 15 is 0 Å². The molecule has 4 amide bonds. The number of aryl methyl sites for hydroxylation is 1. The number of urea groups is 1. The first-order valence-corrected chi connectivity index (χ1v) is 11.5. The van der Waals surface area contributed by atoms with E-state index in [1.165, 1.54) is 9.80 Å². The number of amides is 4. The summed E-state index contributed by atoms with van der Waals surface area (Å²) >= 11 is 0. The second-order valence-corrected chi connectivity index (χ2v) is 10.3. The Kier molecular flexibility index (Phi) is 8.83. The minimum atomic E-state index is -0.813. The first-order chi connectivity index (χ1) is 16.1. The third-order valence-corrected chi connectivity index (χ3v) is 5.02. The lowest BCUT2D eigenvalue weighted by Gasteiger charge is -2.42. The van der Waals surface area contributed by atoms with Gasteiger partial charge in [0.05, 0.1) is 25.4 Å². The van der Waals surface area contributed by atoms with Crippen molar-refractivity contribution in [2.45, 2.75) is 65.7 Å². The van der Waals surface area contributed by atoms with Crippen LogP contribution in [0, 0.1) is 6.92 Å². The summed E-state index contributed by atoms with van der Waals surface area (Å²) in [6.07, 6.45) is -1.33. The van der Waals surface area contributed by atoms with E-state index in [9.17, 15) is 19.5 Å². The van der Waals surface area contributed by atoms with Crippen LogP contribution in [0.3, 0.4) is 0 Å². The standard InChI is InChI=1S/C24H38N4O7/c1-16-13-17(9-10-19(16)33-8)28(25-20(30)34-23(2,3)4)21(31)27-12-11-26(14-18(27)15-29)22(32)35-24(5,6)7/h9-10,13,18,29H,11-12,14-15H2,1-8H3,(H,25,30). The number of benzene rings is 1. The molecule has 1 saturated heterocycles. The van der Waals surface area contributed by atoms with Gasteiger partial charge in [-0.05, 0) is 72.2 Å². The Bertz CT molecular complexity index is 923. The Morgan fingerprint density at radius 3 is 2.23 bits per heavy atom. The van der Waals surface area contributed by atoms with Gasteiger partial charge in [-0.25, -0.2) is 19.8 Å². The van der Waals surface area contributed by atoms with Gasteiger partial charge >= 0.3 is 18.2 Å². The van der Waals surface area contributed by atoms with E-state index in [0.717, 1.165) is 10.6 Å². The van der Waals surface area contributed by atoms with Crippen LogP contribution in [0.1, 0.15) is 47.1 Å². The molecule has 196 valence electrons. The summed E-state index contributed by atoms with van der Waals surface area (Å²) in [7, 11) is 1.54. The minimum Gasteiger partial charge on any atom is -0.496 e. The van der Waals surface area contributed by atoms with Crippen LogP contribution in [-0.2, 0) is 9.47 Å². The average Bonchev–Trinajstić information content (AvgIpc) is 2.74. The summed E-state index contributed by atoms with van der Waals surface area (Å²) in [6, 6.07) is 3.73. The number of methoxy groups -OCH3 is 1. The zero-order chi connectivity index (χ0) is 26.6. The Hall–Kier alpha value is -3.21. The predicted molar refractivity (Wildman–Crippen MR) is 130 cm³/mol. The number of rotatable bonds is 3. The average molecular weight is 495 g/mol. The molecular formula is C24H38N4O7. The molecule has 0 bridgehead atoms. The van der Waals surface area contributed by atoms with Gasteiger partial charge in [0.1, 0.15) is 17.0 Å². The van der Waals surface area contributed by atoms with Crippen molar-refractivity contribution < 1.29 is 33.7 Å². The summed E-state index contributed by atoms with van der Waals surface area (Å²) in [5.41, 5.74) is 2.20. The lowest BCUT2D eigenvalue weighted by Crippen LogP contribution is -2.63. The van der Waals surface area contributed by atoms with E-state index in [1.807, 2.05) is 6.92 Å². The molecule has 1 atom stereocenters. The molecule has 1 aromatic carbocycles. The normalized spacial score (nSPS) is 16.4. The summed E-state index contributed by atoms with van der Waals surface area (Å²) in [5, 5.41) is 11.1. The van der Waals surface area contributed by atoms with Crippen molar-refractivity contribution in [2.75, 3.05) is 38.4 Å². The van der Waals surface area contributed by atoms with Gasteiger partial charge < -0.3 is 29.1 Å². The fourth-order valence-corrected chi connectivity index (χ4v) is 3.50. The third-order valence-electron chi connectivity index (χ3n) is 5.02. The minimum absolute atomic E-state index is 0.0824. The molecule has 0 aromatic heterocycles. The molecule has 0 saturated carbocycles. The Labute approximate surface area is 206 Å². The number of anilines is 1. The fraction of sp³-hybridized carbons (Fsp3) is 0.625. The van der Waals surface area contributed by atoms with E-state index in [1.54, 1.807) is 66.9 Å². The van der Waals surface area contributed by atoms with Crippen molar-refractivity contribution in [3.63, 3.8) is 0 Å². The van der Waals surface area contributed by atoms with Crippen LogP contribution < -0.4 is 15.2 Å². The van der Waals surface area contributed by atoms with E-state index in [-0.39, 0.29) is 26.2 Å². The SMILES string of the molecule is COc1ccc(N(NC(=O)OC(C)(C)C)C(=O)N2CCN(C(=O)OC(C)(C)C)CC2CO)cc1C. The Morgan fingerprint density at radius 2 is 1.71 bits per heavy atom.